The van der Waals surface area contributed by atoms with Crippen molar-refractivity contribution < 1.29 is 0 Å². The molecule has 0 aliphatic heterocycles. The Hall–Kier alpha value is -1.63. The standard InChI is InChI=1S/C13H13Cl3N6/c1-22(2)12-19-10(13(14,15)16)18-11(20-12)21-17-8-9-6-4-3-5-7-9/h3-8H,1-2H3,(H,18,19,20,21)/b17-8+. The first kappa shape index (κ1) is 16.7. The molecule has 0 radical (unpaired) electrons. The number of hydrazone groups is 1. The van der Waals surface area contributed by atoms with Crippen LogP contribution in [-0.2, 0) is 3.79 Å². The molecule has 1 aromatic heterocycles. The van der Waals surface area contributed by atoms with Gasteiger partial charge in [0.05, 0.1) is 6.21 Å². The summed E-state index contributed by atoms with van der Waals surface area (Å²) < 4.78 is -1.74. The number of aromatic nitrogens is 3. The Morgan fingerprint density at radius 3 is 2.36 bits per heavy atom. The van der Waals surface area contributed by atoms with Crippen molar-refractivity contribution in [2.24, 2.45) is 5.10 Å². The summed E-state index contributed by atoms with van der Waals surface area (Å²) in [5.74, 6) is 0.564. The number of alkyl halides is 3. The SMILES string of the molecule is CN(C)c1nc(N/N=C/c2ccccc2)nc(C(Cl)(Cl)Cl)n1. The predicted octanol–water partition coefficient (Wildman–Crippen LogP) is 3.21. The van der Waals surface area contributed by atoms with Gasteiger partial charge in [0.1, 0.15) is 0 Å². The fourth-order valence-electron chi connectivity index (χ4n) is 1.45. The molecule has 6 nitrogen and oxygen atoms in total. The normalized spacial score (nSPS) is 11.7. The Morgan fingerprint density at radius 1 is 1.09 bits per heavy atom. The van der Waals surface area contributed by atoms with Crippen molar-refractivity contribution in [1.82, 2.24) is 15.0 Å². The molecular weight excluding hydrogens is 347 g/mol. The van der Waals surface area contributed by atoms with Crippen molar-refractivity contribution in [2.75, 3.05) is 24.4 Å². The Kier molecular flexibility index (Phi) is 5.39. The van der Waals surface area contributed by atoms with Crippen molar-refractivity contribution in [3.63, 3.8) is 0 Å². The molecule has 1 N–H and O–H groups in total. The van der Waals surface area contributed by atoms with Gasteiger partial charge in [0, 0.05) is 14.1 Å². The second-order valence-electron chi connectivity index (χ2n) is 4.46. The monoisotopic (exact) mass is 358 g/mol. The lowest BCUT2D eigenvalue weighted by Crippen LogP contribution is -2.18. The maximum absolute atomic E-state index is 5.83. The number of rotatable bonds is 4. The summed E-state index contributed by atoms with van der Waals surface area (Å²) in [6, 6.07) is 9.57. The molecule has 1 aromatic carbocycles. The first-order chi connectivity index (χ1) is 10.4. The van der Waals surface area contributed by atoms with Gasteiger partial charge in [0.15, 0.2) is 5.82 Å². The minimum absolute atomic E-state index is 0.0219. The number of anilines is 2. The highest BCUT2D eigenvalue weighted by atomic mass is 35.6. The van der Waals surface area contributed by atoms with Gasteiger partial charge in [0.25, 0.3) is 0 Å². The van der Waals surface area contributed by atoms with Crippen LogP contribution in [-0.4, -0.2) is 35.3 Å². The van der Waals surface area contributed by atoms with E-state index in [1.165, 1.54) is 0 Å². The number of benzene rings is 1. The summed E-state index contributed by atoms with van der Waals surface area (Å²) in [5.41, 5.74) is 3.63. The number of halogens is 3. The first-order valence-electron chi connectivity index (χ1n) is 6.21. The van der Waals surface area contributed by atoms with E-state index in [4.69, 9.17) is 34.8 Å². The number of nitrogens with one attached hydrogen (secondary N) is 1. The zero-order valence-electron chi connectivity index (χ0n) is 11.8. The summed E-state index contributed by atoms with van der Waals surface area (Å²) in [7, 11) is 3.54. The molecule has 2 aromatic rings. The quantitative estimate of drug-likeness (QED) is 0.516. The van der Waals surface area contributed by atoms with Gasteiger partial charge in [-0.2, -0.15) is 20.1 Å². The molecule has 0 spiro atoms. The second-order valence-corrected chi connectivity index (χ2v) is 6.74. The smallest absolute Gasteiger partial charge is 0.250 e. The molecule has 0 fully saturated rings. The van der Waals surface area contributed by atoms with Gasteiger partial charge in [0.2, 0.25) is 15.7 Å². The lowest BCUT2D eigenvalue weighted by molar-refractivity contribution is 0.881. The molecule has 0 bridgehead atoms. The molecule has 2 rings (SSSR count). The molecular formula is C13H13Cl3N6. The van der Waals surface area contributed by atoms with Crippen molar-refractivity contribution >= 4 is 52.9 Å². The summed E-state index contributed by atoms with van der Waals surface area (Å²) in [6.07, 6.45) is 1.63. The highest BCUT2D eigenvalue weighted by Gasteiger charge is 2.28. The topological polar surface area (TPSA) is 66.3 Å². The van der Waals surface area contributed by atoms with E-state index in [1.54, 1.807) is 25.2 Å². The van der Waals surface area contributed by atoms with Crippen LogP contribution in [0.5, 0.6) is 0 Å². The Balaban J connectivity index is 2.23. The fraction of sp³-hybridized carbons (Fsp3) is 0.231. The molecule has 9 heteroatoms. The van der Waals surface area contributed by atoms with E-state index >= 15 is 0 Å². The maximum atomic E-state index is 5.83. The van der Waals surface area contributed by atoms with Crippen LogP contribution in [0.15, 0.2) is 35.4 Å². The minimum Gasteiger partial charge on any atom is -0.347 e. The maximum Gasteiger partial charge on any atom is 0.250 e. The number of hydrogen-bond donors (Lipinski definition) is 1. The van der Waals surface area contributed by atoms with Crippen LogP contribution in [0.4, 0.5) is 11.9 Å². The largest absolute Gasteiger partial charge is 0.347 e. The van der Waals surface area contributed by atoms with Gasteiger partial charge in [-0.3, -0.25) is 0 Å². The van der Waals surface area contributed by atoms with Crippen LogP contribution in [0.3, 0.4) is 0 Å². The van der Waals surface area contributed by atoms with Crippen molar-refractivity contribution in [1.29, 1.82) is 0 Å². The van der Waals surface area contributed by atoms with Crippen molar-refractivity contribution in [2.45, 2.75) is 3.79 Å². The third kappa shape index (κ3) is 4.69. The van der Waals surface area contributed by atoms with Crippen molar-refractivity contribution in [3.8, 4) is 0 Å². The van der Waals surface area contributed by atoms with Crippen LogP contribution in [0.2, 0.25) is 0 Å². The Labute approximate surface area is 143 Å². The van der Waals surface area contributed by atoms with Crippen LogP contribution >= 0.6 is 34.8 Å². The number of nitrogens with zero attached hydrogens (tertiary/aromatic N) is 5. The molecule has 22 heavy (non-hydrogen) atoms. The van der Waals surface area contributed by atoms with E-state index in [-0.39, 0.29) is 11.8 Å². The summed E-state index contributed by atoms with van der Waals surface area (Å²) >= 11 is 17.5. The van der Waals surface area contributed by atoms with Gasteiger partial charge in [-0.1, -0.05) is 65.1 Å². The summed E-state index contributed by atoms with van der Waals surface area (Å²) in [6.45, 7) is 0. The third-order valence-corrected chi connectivity index (χ3v) is 2.96. The first-order valence-corrected chi connectivity index (χ1v) is 7.34. The van der Waals surface area contributed by atoms with E-state index in [0.29, 0.717) is 5.95 Å². The van der Waals surface area contributed by atoms with Crippen LogP contribution < -0.4 is 10.3 Å². The minimum atomic E-state index is -1.74. The van der Waals surface area contributed by atoms with Crippen LogP contribution in [0.1, 0.15) is 11.4 Å². The van der Waals surface area contributed by atoms with Gasteiger partial charge in [-0.15, -0.1) is 0 Å². The van der Waals surface area contributed by atoms with E-state index < -0.39 is 3.79 Å². The molecule has 0 aliphatic carbocycles. The highest BCUT2D eigenvalue weighted by Crippen LogP contribution is 2.36. The Morgan fingerprint density at radius 2 is 1.77 bits per heavy atom. The van der Waals surface area contributed by atoms with Gasteiger partial charge in [-0.25, -0.2) is 5.43 Å². The average Bonchev–Trinajstić information content (AvgIpc) is 2.47. The van der Waals surface area contributed by atoms with Gasteiger partial charge < -0.3 is 4.90 Å². The van der Waals surface area contributed by atoms with Crippen LogP contribution in [0, 0.1) is 0 Å². The van der Waals surface area contributed by atoms with Gasteiger partial charge >= 0.3 is 0 Å². The fourth-order valence-corrected chi connectivity index (χ4v) is 1.70. The molecule has 116 valence electrons. The highest BCUT2D eigenvalue weighted by molar-refractivity contribution is 6.66. The molecule has 0 saturated carbocycles. The molecule has 1 heterocycles. The van der Waals surface area contributed by atoms with Gasteiger partial charge in [-0.05, 0) is 5.56 Å². The van der Waals surface area contributed by atoms with E-state index in [9.17, 15) is 0 Å². The zero-order valence-corrected chi connectivity index (χ0v) is 14.1. The van der Waals surface area contributed by atoms with E-state index in [1.807, 2.05) is 30.3 Å². The lowest BCUT2D eigenvalue weighted by atomic mass is 10.2. The lowest BCUT2D eigenvalue weighted by Gasteiger charge is -2.15. The summed E-state index contributed by atoms with van der Waals surface area (Å²) in [4.78, 5) is 14.0. The molecule has 0 aliphatic rings. The Bertz CT molecular complexity index is 655. The van der Waals surface area contributed by atoms with E-state index in [0.717, 1.165) is 5.56 Å². The predicted molar refractivity (Wildman–Crippen MR) is 91.0 cm³/mol. The molecule has 0 unspecified atom stereocenters. The van der Waals surface area contributed by atoms with E-state index in [2.05, 4.69) is 25.5 Å². The number of hydrogen-bond acceptors (Lipinski definition) is 6. The molecule has 0 amide bonds. The third-order valence-electron chi connectivity index (χ3n) is 2.45. The average molecular weight is 360 g/mol. The molecule has 0 atom stereocenters. The molecule has 0 saturated heterocycles. The van der Waals surface area contributed by atoms with Crippen LogP contribution in [0.25, 0.3) is 0 Å². The zero-order chi connectivity index (χ0) is 16.2. The van der Waals surface area contributed by atoms with Crippen molar-refractivity contribution in [3.05, 3.63) is 41.7 Å². The summed E-state index contributed by atoms with van der Waals surface area (Å²) in [5, 5.41) is 4.06. The second kappa shape index (κ2) is 7.09.